The van der Waals surface area contributed by atoms with Gasteiger partial charge in [0.25, 0.3) is 5.91 Å². The Kier molecular flexibility index (Phi) is 3.38. The highest BCUT2D eigenvalue weighted by Gasteiger charge is 2.04. The summed E-state index contributed by atoms with van der Waals surface area (Å²) in [7, 11) is 1.59. The Morgan fingerprint density at radius 2 is 1.61 bits per heavy atom. The van der Waals surface area contributed by atoms with E-state index in [2.05, 4.69) is 9.97 Å². The van der Waals surface area contributed by atoms with Gasteiger partial charge in [-0.05, 0) is 24.3 Å². The number of benzene rings is 1. The number of carbonyl (C=O) groups is 1. The van der Waals surface area contributed by atoms with Crippen molar-refractivity contribution >= 4 is 5.91 Å². The van der Waals surface area contributed by atoms with E-state index >= 15 is 0 Å². The first-order chi connectivity index (χ1) is 8.69. The average molecular weight is 245 g/mol. The molecule has 0 spiro atoms. The lowest BCUT2D eigenvalue weighted by atomic mass is 10.3. The predicted octanol–water partition coefficient (Wildman–Crippen LogP) is 1.38. The van der Waals surface area contributed by atoms with Crippen molar-refractivity contribution in [1.29, 1.82) is 0 Å². The Morgan fingerprint density at radius 3 is 2.11 bits per heavy atom. The molecule has 1 aromatic heterocycles. The van der Waals surface area contributed by atoms with Crippen molar-refractivity contribution in [2.45, 2.75) is 0 Å². The molecule has 2 aromatic rings. The quantitative estimate of drug-likeness (QED) is 0.879. The average Bonchev–Trinajstić information content (AvgIpc) is 2.40. The highest BCUT2D eigenvalue weighted by Crippen LogP contribution is 2.22. The molecule has 0 radical (unpaired) electrons. The third-order valence-electron chi connectivity index (χ3n) is 2.14. The second-order valence-corrected chi connectivity index (χ2v) is 3.38. The van der Waals surface area contributed by atoms with Crippen molar-refractivity contribution in [3.05, 3.63) is 42.5 Å². The van der Waals surface area contributed by atoms with Crippen LogP contribution in [-0.4, -0.2) is 23.0 Å². The number of ether oxygens (including phenoxy) is 2. The van der Waals surface area contributed by atoms with Crippen molar-refractivity contribution in [2.75, 3.05) is 7.11 Å². The van der Waals surface area contributed by atoms with Crippen LogP contribution in [0.1, 0.15) is 10.6 Å². The van der Waals surface area contributed by atoms with E-state index in [9.17, 15) is 4.79 Å². The molecule has 6 nitrogen and oxygen atoms in total. The maximum absolute atomic E-state index is 10.8. The summed E-state index contributed by atoms with van der Waals surface area (Å²) in [6.45, 7) is 0. The van der Waals surface area contributed by atoms with Crippen molar-refractivity contribution in [3.8, 4) is 17.2 Å². The lowest BCUT2D eigenvalue weighted by Gasteiger charge is -2.05. The fraction of sp³-hybridized carbons (Fsp3) is 0.0833. The molecule has 0 aliphatic rings. The number of nitrogens with two attached hydrogens (primary N) is 1. The molecule has 0 aliphatic heterocycles. The van der Waals surface area contributed by atoms with Crippen molar-refractivity contribution < 1.29 is 14.3 Å². The molecule has 2 N–H and O–H groups in total. The summed E-state index contributed by atoms with van der Waals surface area (Å²) in [5, 5.41) is 0. The largest absolute Gasteiger partial charge is 0.497 e. The molecule has 1 heterocycles. The summed E-state index contributed by atoms with van der Waals surface area (Å²) in [4.78, 5) is 18.3. The third-order valence-corrected chi connectivity index (χ3v) is 2.14. The summed E-state index contributed by atoms with van der Waals surface area (Å²) in [6, 6.07) is 7.05. The Labute approximate surface area is 103 Å². The standard InChI is InChI=1S/C12H11N3O3/c1-17-8-2-4-9(5-3-8)18-10-6-14-12(11(13)16)15-7-10/h2-7H,1H3,(H2,13,16). The van der Waals surface area contributed by atoms with Crippen molar-refractivity contribution in [3.63, 3.8) is 0 Å². The number of methoxy groups -OCH3 is 1. The molecule has 18 heavy (non-hydrogen) atoms. The van der Waals surface area contributed by atoms with Crippen LogP contribution in [0.3, 0.4) is 0 Å². The van der Waals surface area contributed by atoms with Gasteiger partial charge in [-0.1, -0.05) is 0 Å². The van der Waals surface area contributed by atoms with Gasteiger partial charge in [-0.25, -0.2) is 9.97 Å². The molecular weight excluding hydrogens is 234 g/mol. The molecule has 0 fully saturated rings. The molecule has 0 saturated heterocycles. The van der Waals surface area contributed by atoms with E-state index in [1.165, 1.54) is 12.4 Å². The minimum atomic E-state index is -0.675. The van der Waals surface area contributed by atoms with Crippen LogP contribution in [0.2, 0.25) is 0 Å². The predicted molar refractivity (Wildman–Crippen MR) is 63.6 cm³/mol. The number of carbonyl (C=O) groups excluding carboxylic acids is 1. The molecule has 0 bridgehead atoms. The Morgan fingerprint density at radius 1 is 1.06 bits per heavy atom. The zero-order valence-corrected chi connectivity index (χ0v) is 9.66. The van der Waals surface area contributed by atoms with E-state index in [1.54, 1.807) is 31.4 Å². The molecule has 0 unspecified atom stereocenters. The Bertz CT molecular complexity index is 537. The highest BCUT2D eigenvalue weighted by molar-refractivity contribution is 5.88. The molecule has 1 aromatic carbocycles. The summed E-state index contributed by atoms with van der Waals surface area (Å²) < 4.78 is 10.5. The molecule has 1 amide bonds. The fourth-order valence-corrected chi connectivity index (χ4v) is 1.28. The molecular formula is C12H11N3O3. The molecule has 0 saturated carbocycles. The number of amides is 1. The van der Waals surface area contributed by atoms with E-state index in [-0.39, 0.29) is 5.82 Å². The van der Waals surface area contributed by atoms with Gasteiger partial charge in [0.1, 0.15) is 11.5 Å². The number of rotatable bonds is 4. The zero-order valence-electron chi connectivity index (χ0n) is 9.66. The summed E-state index contributed by atoms with van der Waals surface area (Å²) >= 11 is 0. The van der Waals surface area contributed by atoms with Crippen molar-refractivity contribution in [2.24, 2.45) is 5.73 Å². The van der Waals surface area contributed by atoms with Gasteiger partial charge in [0, 0.05) is 0 Å². The van der Waals surface area contributed by atoms with E-state index in [0.717, 1.165) is 5.75 Å². The third kappa shape index (κ3) is 2.73. The SMILES string of the molecule is COc1ccc(Oc2cnc(C(N)=O)nc2)cc1. The lowest BCUT2D eigenvalue weighted by Crippen LogP contribution is -2.14. The van der Waals surface area contributed by atoms with E-state index in [4.69, 9.17) is 15.2 Å². The van der Waals surface area contributed by atoms with E-state index in [0.29, 0.717) is 11.5 Å². The molecule has 92 valence electrons. The first-order valence-electron chi connectivity index (χ1n) is 5.13. The van der Waals surface area contributed by atoms with Gasteiger partial charge in [0.15, 0.2) is 5.75 Å². The van der Waals surface area contributed by atoms with Gasteiger partial charge >= 0.3 is 0 Å². The zero-order chi connectivity index (χ0) is 13.0. The number of hydrogen-bond donors (Lipinski definition) is 1. The van der Waals surface area contributed by atoms with Gasteiger partial charge < -0.3 is 15.2 Å². The second-order valence-electron chi connectivity index (χ2n) is 3.38. The van der Waals surface area contributed by atoms with Crippen LogP contribution in [0, 0.1) is 0 Å². The van der Waals surface area contributed by atoms with Gasteiger partial charge in [-0.15, -0.1) is 0 Å². The smallest absolute Gasteiger partial charge is 0.286 e. The second kappa shape index (κ2) is 5.13. The van der Waals surface area contributed by atoms with E-state index in [1.807, 2.05) is 0 Å². The molecule has 2 rings (SSSR count). The Hall–Kier alpha value is -2.63. The van der Waals surface area contributed by atoms with Gasteiger partial charge in [-0.3, -0.25) is 4.79 Å². The monoisotopic (exact) mass is 245 g/mol. The van der Waals surface area contributed by atoms with Crippen LogP contribution in [-0.2, 0) is 0 Å². The highest BCUT2D eigenvalue weighted by atomic mass is 16.5. The summed E-state index contributed by atoms with van der Waals surface area (Å²) in [5.74, 6) is 1.06. The number of hydrogen-bond acceptors (Lipinski definition) is 5. The normalized spacial score (nSPS) is 9.83. The topological polar surface area (TPSA) is 87.3 Å². The van der Waals surface area contributed by atoms with Crippen LogP contribution in [0.4, 0.5) is 0 Å². The summed E-state index contributed by atoms with van der Waals surface area (Å²) in [6.07, 6.45) is 2.77. The van der Waals surface area contributed by atoms with E-state index < -0.39 is 5.91 Å². The molecule has 6 heteroatoms. The number of nitrogens with zero attached hydrogens (tertiary/aromatic N) is 2. The van der Waals surface area contributed by atoms with Gasteiger partial charge in [-0.2, -0.15) is 0 Å². The van der Waals surface area contributed by atoms with Crippen LogP contribution in [0.5, 0.6) is 17.2 Å². The maximum Gasteiger partial charge on any atom is 0.286 e. The molecule has 0 aliphatic carbocycles. The minimum absolute atomic E-state index is 0.0444. The van der Waals surface area contributed by atoms with Gasteiger partial charge in [0.2, 0.25) is 5.82 Å². The van der Waals surface area contributed by atoms with Crippen LogP contribution < -0.4 is 15.2 Å². The number of aromatic nitrogens is 2. The first-order valence-corrected chi connectivity index (χ1v) is 5.13. The molecule has 0 atom stereocenters. The Balaban J connectivity index is 2.10. The van der Waals surface area contributed by atoms with Crippen LogP contribution >= 0.6 is 0 Å². The summed E-state index contributed by atoms with van der Waals surface area (Å²) in [5.41, 5.74) is 5.03. The van der Waals surface area contributed by atoms with Gasteiger partial charge in [0.05, 0.1) is 19.5 Å². The fourth-order valence-electron chi connectivity index (χ4n) is 1.28. The number of primary amides is 1. The maximum atomic E-state index is 10.8. The van der Waals surface area contributed by atoms with Crippen LogP contribution in [0.25, 0.3) is 0 Å². The van der Waals surface area contributed by atoms with Crippen molar-refractivity contribution in [1.82, 2.24) is 9.97 Å². The van der Waals surface area contributed by atoms with Crippen LogP contribution in [0.15, 0.2) is 36.7 Å². The minimum Gasteiger partial charge on any atom is -0.497 e. The lowest BCUT2D eigenvalue weighted by molar-refractivity contribution is 0.0990. The first kappa shape index (κ1) is 11.8.